The molecule has 0 radical (unpaired) electrons. The summed E-state index contributed by atoms with van der Waals surface area (Å²) in [5.41, 5.74) is 9.72. The summed E-state index contributed by atoms with van der Waals surface area (Å²) in [7, 11) is 0. The Morgan fingerprint density at radius 2 is 1.60 bits per heavy atom. The van der Waals surface area contributed by atoms with Gasteiger partial charge in [-0.05, 0) is 49.9 Å². The number of nitrogens with zero attached hydrogens (tertiary/aromatic N) is 1. The Bertz CT molecular complexity index is 457. The van der Waals surface area contributed by atoms with Crippen molar-refractivity contribution in [2.45, 2.75) is 27.7 Å². The molecule has 0 unspecified atom stereocenters. The minimum atomic E-state index is 1.11. The predicted octanol–water partition coefficient (Wildman–Crippen LogP) is 4.04. The van der Waals surface area contributed by atoms with Crippen molar-refractivity contribution in [2.75, 3.05) is 0 Å². The first-order valence-corrected chi connectivity index (χ1v) is 6.01. The van der Waals surface area contributed by atoms with Crippen LogP contribution in [0.15, 0.2) is 17.0 Å². The van der Waals surface area contributed by atoms with Gasteiger partial charge in [0.15, 0.2) is 0 Å². The lowest BCUT2D eigenvalue weighted by Gasteiger charge is -2.13. The summed E-state index contributed by atoms with van der Waals surface area (Å²) >= 11 is 1.65. The van der Waals surface area contributed by atoms with Gasteiger partial charge in [0.05, 0.1) is 11.2 Å². The molecule has 0 N–H and O–H groups in total. The van der Waals surface area contributed by atoms with Gasteiger partial charge in [0.1, 0.15) is 0 Å². The number of thiazole rings is 1. The normalized spacial score (nSPS) is 10.7. The van der Waals surface area contributed by atoms with Crippen molar-refractivity contribution in [1.29, 1.82) is 0 Å². The highest BCUT2D eigenvalue weighted by molar-refractivity contribution is 7.07. The van der Waals surface area contributed by atoms with Gasteiger partial charge in [-0.25, -0.2) is 4.98 Å². The largest absolute Gasteiger partial charge is 0.245 e. The van der Waals surface area contributed by atoms with E-state index in [2.05, 4.69) is 44.1 Å². The number of aryl methyl sites for hydroxylation is 2. The first-order chi connectivity index (χ1) is 7.11. The Balaban J connectivity index is 2.75. The van der Waals surface area contributed by atoms with Crippen LogP contribution in [-0.2, 0) is 0 Å². The average Bonchev–Trinajstić information content (AvgIpc) is 2.69. The fourth-order valence-electron chi connectivity index (χ4n) is 1.94. The number of hydrogen-bond donors (Lipinski definition) is 0. The lowest BCUT2D eigenvalue weighted by atomic mass is 9.93. The van der Waals surface area contributed by atoms with Gasteiger partial charge in [-0.15, -0.1) is 11.3 Å². The van der Waals surface area contributed by atoms with Crippen molar-refractivity contribution >= 4 is 11.3 Å². The van der Waals surface area contributed by atoms with Gasteiger partial charge in [-0.3, -0.25) is 0 Å². The lowest BCUT2D eigenvalue weighted by molar-refractivity contribution is 1.23. The van der Waals surface area contributed by atoms with Gasteiger partial charge in [0.25, 0.3) is 0 Å². The molecule has 0 spiro atoms. The summed E-state index contributed by atoms with van der Waals surface area (Å²) in [4.78, 5) is 4.41. The summed E-state index contributed by atoms with van der Waals surface area (Å²) in [6, 6.07) is 2.25. The molecule has 0 fully saturated rings. The van der Waals surface area contributed by atoms with E-state index < -0.39 is 0 Å². The predicted molar refractivity (Wildman–Crippen MR) is 66.5 cm³/mol. The van der Waals surface area contributed by atoms with Crippen LogP contribution in [0.3, 0.4) is 0 Å². The molecule has 2 heteroatoms. The van der Waals surface area contributed by atoms with Crippen LogP contribution in [0.4, 0.5) is 0 Å². The molecule has 2 rings (SSSR count). The molecular weight excluding hydrogens is 202 g/mol. The Hall–Kier alpha value is -1.15. The highest BCUT2D eigenvalue weighted by atomic mass is 32.1. The monoisotopic (exact) mass is 217 g/mol. The Kier molecular flexibility index (Phi) is 2.61. The highest BCUT2D eigenvalue weighted by Gasteiger charge is 2.11. The summed E-state index contributed by atoms with van der Waals surface area (Å²) in [6.45, 7) is 8.68. The molecule has 2 aromatic rings. The van der Waals surface area contributed by atoms with Gasteiger partial charge in [-0.2, -0.15) is 0 Å². The van der Waals surface area contributed by atoms with Crippen molar-refractivity contribution in [2.24, 2.45) is 0 Å². The molecule has 78 valence electrons. The van der Waals surface area contributed by atoms with E-state index in [4.69, 9.17) is 0 Å². The van der Waals surface area contributed by atoms with Crippen LogP contribution in [0.5, 0.6) is 0 Å². The standard InChI is InChI=1S/C13H15NS/c1-8-5-9(2)11(4)13(10(8)3)12-6-15-7-14-12/h5-7H,1-4H3. The summed E-state index contributed by atoms with van der Waals surface area (Å²) in [5.74, 6) is 0. The van der Waals surface area contributed by atoms with Crippen LogP contribution < -0.4 is 0 Å². The molecule has 0 aliphatic carbocycles. The van der Waals surface area contributed by atoms with Crippen LogP contribution in [0.1, 0.15) is 22.3 Å². The zero-order valence-electron chi connectivity index (χ0n) is 9.59. The first-order valence-electron chi connectivity index (χ1n) is 5.07. The molecule has 0 aliphatic rings. The average molecular weight is 217 g/mol. The minimum absolute atomic E-state index is 1.11. The van der Waals surface area contributed by atoms with E-state index in [1.165, 1.54) is 27.8 Å². The fraction of sp³-hybridized carbons (Fsp3) is 0.308. The van der Waals surface area contributed by atoms with Crippen molar-refractivity contribution in [3.63, 3.8) is 0 Å². The summed E-state index contributed by atoms with van der Waals surface area (Å²) in [5, 5.41) is 2.12. The quantitative estimate of drug-likeness (QED) is 0.702. The van der Waals surface area contributed by atoms with Crippen LogP contribution in [0.25, 0.3) is 11.3 Å². The van der Waals surface area contributed by atoms with Gasteiger partial charge in [0, 0.05) is 10.9 Å². The SMILES string of the molecule is Cc1cc(C)c(C)c(-c2cscn2)c1C. The van der Waals surface area contributed by atoms with E-state index in [0.717, 1.165) is 5.69 Å². The maximum atomic E-state index is 4.41. The first kappa shape index (κ1) is 10.4. The maximum absolute atomic E-state index is 4.41. The van der Waals surface area contributed by atoms with Gasteiger partial charge in [-0.1, -0.05) is 6.07 Å². The molecule has 0 amide bonds. The molecule has 1 aromatic heterocycles. The van der Waals surface area contributed by atoms with E-state index in [9.17, 15) is 0 Å². The Morgan fingerprint density at radius 1 is 1.00 bits per heavy atom. The van der Waals surface area contributed by atoms with Crippen LogP contribution in [0, 0.1) is 27.7 Å². The smallest absolute Gasteiger partial charge is 0.0816 e. The molecule has 0 bridgehead atoms. The maximum Gasteiger partial charge on any atom is 0.0816 e. The van der Waals surface area contributed by atoms with Gasteiger partial charge in [0.2, 0.25) is 0 Å². The summed E-state index contributed by atoms with van der Waals surface area (Å²) in [6.07, 6.45) is 0. The third-order valence-corrected chi connectivity index (χ3v) is 3.64. The van der Waals surface area contributed by atoms with E-state index >= 15 is 0 Å². The third kappa shape index (κ3) is 1.70. The Labute approximate surface area is 94.8 Å². The highest BCUT2D eigenvalue weighted by Crippen LogP contribution is 2.30. The van der Waals surface area contributed by atoms with Crippen molar-refractivity contribution in [3.05, 3.63) is 39.2 Å². The second-order valence-electron chi connectivity index (χ2n) is 4.01. The molecule has 1 heterocycles. The van der Waals surface area contributed by atoms with E-state index in [1.54, 1.807) is 11.3 Å². The second-order valence-corrected chi connectivity index (χ2v) is 4.73. The fourth-order valence-corrected chi connectivity index (χ4v) is 2.48. The molecule has 1 aromatic carbocycles. The number of rotatable bonds is 1. The number of benzene rings is 1. The molecule has 0 aliphatic heterocycles. The molecule has 0 saturated heterocycles. The van der Waals surface area contributed by atoms with Crippen molar-refractivity contribution in [3.8, 4) is 11.3 Å². The minimum Gasteiger partial charge on any atom is -0.245 e. The van der Waals surface area contributed by atoms with E-state index in [1.807, 2.05) is 5.51 Å². The molecule has 15 heavy (non-hydrogen) atoms. The van der Waals surface area contributed by atoms with Crippen molar-refractivity contribution in [1.82, 2.24) is 4.98 Å². The van der Waals surface area contributed by atoms with Gasteiger partial charge >= 0.3 is 0 Å². The molecule has 1 nitrogen and oxygen atoms in total. The lowest BCUT2D eigenvalue weighted by Crippen LogP contribution is -1.94. The van der Waals surface area contributed by atoms with E-state index in [-0.39, 0.29) is 0 Å². The molecular formula is C13H15NS. The second kappa shape index (κ2) is 3.78. The van der Waals surface area contributed by atoms with E-state index in [0.29, 0.717) is 0 Å². The molecule has 0 saturated carbocycles. The topological polar surface area (TPSA) is 12.9 Å². The zero-order chi connectivity index (χ0) is 11.0. The van der Waals surface area contributed by atoms with Gasteiger partial charge < -0.3 is 0 Å². The van der Waals surface area contributed by atoms with Crippen LogP contribution in [-0.4, -0.2) is 4.98 Å². The zero-order valence-corrected chi connectivity index (χ0v) is 10.4. The van der Waals surface area contributed by atoms with Crippen LogP contribution >= 0.6 is 11.3 Å². The number of aromatic nitrogens is 1. The van der Waals surface area contributed by atoms with Crippen LogP contribution in [0.2, 0.25) is 0 Å². The van der Waals surface area contributed by atoms with Crippen molar-refractivity contribution < 1.29 is 0 Å². The molecule has 0 atom stereocenters. The Morgan fingerprint density at radius 3 is 2.07 bits per heavy atom. The number of hydrogen-bond acceptors (Lipinski definition) is 2. The summed E-state index contributed by atoms with van der Waals surface area (Å²) < 4.78 is 0. The third-order valence-electron chi connectivity index (χ3n) is 3.05.